The van der Waals surface area contributed by atoms with E-state index in [4.69, 9.17) is 0 Å². The van der Waals surface area contributed by atoms with Gasteiger partial charge in [-0.2, -0.15) is 0 Å². The molecule has 106 valence electrons. The maximum atomic E-state index is 11.8. The van der Waals surface area contributed by atoms with Crippen LogP contribution in [0.1, 0.15) is 34.3 Å². The van der Waals surface area contributed by atoms with Crippen molar-refractivity contribution in [2.45, 2.75) is 25.0 Å². The average molecular weight is 280 g/mol. The van der Waals surface area contributed by atoms with E-state index in [1.165, 1.54) is 5.56 Å². The third-order valence-corrected chi connectivity index (χ3v) is 4.71. The normalized spacial score (nSPS) is 23.8. The molecule has 0 unspecified atom stereocenters. The van der Waals surface area contributed by atoms with Crippen LogP contribution in [0.5, 0.6) is 0 Å². The van der Waals surface area contributed by atoms with Crippen LogP contribution in [0.4, 0.5) is 0 Å². The third-order valence-electron chi connectivity index (χ3n) is 4.71. The van der Waals surface area contributed by atoms with Crippen LogP contribution in [-0.2, 0) is 13.0 Å². The predicted molar refractivity (Wildman–Crippen MR) is 79.5 cm³/mol. The van der Waals surface area contributed by atoms with Gasteiger partial charge in [-0.1, -0.05) is 48.5 Å². The van der Waals surface area contributed by atoms with Crippen molar-refractivity contribution in [3.05, 3.63) is 80.9 Å². The zero-order valence-corrected chi connectivity index (χ0v) is 11.6. The third kappa shape index (κ3) is 1.87. The van der Waals surface area contributed by atoms with Crippen molar-refractivity contribution >= 4 is 0 Å². The Kier molecular flexibility index (Phi) is 2.79. The van der Waals surface area contributed by atoms with Crippen LogP contribution < -0.4 is 0 Å². The minimum absolute atomic E-state index is 0.113. The lowest BCUT2D eigenvalue weighted by molar-refractivity contribution is -0.540. The molecule has 2 aliphatic heterocycles. The highest BCUT2D eigenvalue weighted by Crippen LogP contribution is 2.45. The van der Waals surface area contributed by atoms with E-state index >= 15 is 0 Å². The molecule has 4 heteroatoms. The minimum atomic E-state index is -0.670. The van der Waals surface area contributed by atoms with Gasteiger partial charge in [-0.05, 0) is 23.1 Å². The second-order valence-corrected chi connectivity index (χ2v) is 5.79. The highest BCUT2D eigenvalue weighted by Gasteiger charge is 2.45. The van der Waals surface area contributed by atoms with E-state index in [1.807, 2.05) is 36.4 Å². The molecule has 0 amide bonds. The van der Waals surface area contributed by atoms with Crippen LogP contribution in [0.3, 0.4) is 0 Å². The molecule has 0 saturated heterocycles. The lowest BCUT2D eigenvalue weighted by Crippen LogP contribution is -2.43. The van der Waals surface area contributed by atoms with Gasteiger partial charge in [0.1, 0.15) is 6.04 Å². The molecule has 0 aromatic heterocycles. The van der Waals surface area contributed by atoms with Crippen molar-refractivity contribution in [2.24, 2.45) is 0 Å². The summed E-state index contributed by atoms with van der Waals surface area (Å²) < 4.78 is 0. The summed E-state index contributed by atoms with van der Waals surface area (Å²) in [7, 11) is 0. The lowest BCUT2D eigenvalue weighted by atomic mass is 9.81. The van der Waals surface area contributed by atoms with E-state index in [9.17, 15) is 10.1 Å². The zero-order valence-electron chi connectivity index (χ0n) is 11.6. The van der Waals surface area contributed by atoms with Gasteiger partial charge in [-0.25, -0.2) is 0 Å². The maximum Gasteiger partial charge on any atom is 0.257 e. The van der Waals surface area contributed by atoms with Crippen LogP contribution in [-0.4, -0.2) is 16.4 Å². The number of nitrogens with zero attached hydrogens (tertiary/aromatic N) is 2. The summed E-state index contributed by atoms with van der Waals surface area (Å²) in [6.07, 6.45) is 0.972. The van der Waals surface area contributed by atoms with Crippen molar-refractivity contribution in [3.8, 4) is 0 Å². The molecule has 21 heavy (non-hydrogen) atoms. The Morgan fingerprint density at radius 3 is 2.43 bits per heavy atom. The molecule has 2 heterocycles. The summed E-state index contributed by atoms with van der Waals surface area (Å²) in [6, 6.07) is 15.2. The van der Waals surface area contributed by atoms with Crippen LogP contribution >= 0.6 is 0 Å². The highest BCUT2D eigenvalue weighted by molar-refractivity contribution is 5.40. The van der Waals surface area contributed by atoms with E-state index in [0.717, 1.165) is 36.2 Å². The summed E-state index contributed by atoms with van der Waals surface area (Å²) in [6.45, 7) is 1.69. The van der Waals surface area contributed by atoms with E-state index < -0.39 is 6.04 Å². The van der Waals surface area contributed by atoms with E-state index in [1.54, 1.807) is 0 Å². The first-order valence-electron chi connectivity index (χ1n) is 7.29. The molecular formula is C17H16N2O2. The topological polar surface area (TPSA) is 46.4 Å². The molecule has 0 fully saturated rings. The predicted octanol–water partition coefficient (Wildman–Crippen LogP) is 3.12. The molecule has 2 atom stereocenters. The quantitative estimate of drug-likeness (QED) is 0.595. The maximum absolute atomic E-state index is 11.8. The van der Waals surface area contributed by atoms with Gasteiger partial charge in [0.05, 0.1) is 0 Å². The van der Waals surface area contributed by atoms with Gasteiger partial charge in [-0.3, -0.25) is 15.0 Å². The summed E-state index contributed by atoms with van der Waals surface area (Å²) >= 11 is 0. The Labute approximate surface area is 123 Å². The molecule has 0 spiro atoms. The Balaban J connectivity index is 1.90. The fraction of sp³-hybridized carbons (Fsp3) is 0.294. The molecule has 0 N–H and O–H groups in total. The van der Waals surface area contributed by atoms with Crippen molar-refractivity contribution in [1.82, 2.24) is 4.90 Å². The van der Waals surface area contributed by atoms with Crippen molar-refractivity contribution < 1.29 is 4.92 Å². The molecular weight excluding hydrogens is 264 g/mol. The van der Waals surface area contributed by atoms with Crippen LogP contribution in [0.25, 0.3) is 0 Å². The zero-order chi connectivity index (χ0) is 14.4. The Bertz CT molecular complexity index is 713. The molecule has 0 aliphatic carbocycles. The summed E-state index contributed by atoms with van der Waals surface area (Å²) in [4.78, 5) is 13.9. The van der Waals surface area contributed by atoms with Gasteiger partial charge in [0.15, 0.2) is 0 Å². The molecule has 2 aliphatic rings. The average Bonchev–Trinajstić information content (AvgIpc) is 2.52. The first kappa shape index (κ1) is 12.5. The smallest absolute Gasteiger partial charge is 0.257 e. The summed E-state index contributed by atoms with van der Waals surface area (Å²) in [5, 5.41) is 11.8. The Hall–Kier alpha value is -2.20. The Morgan fingerprint density at radius 1 is 1.00 bits per heavy atom. The number of hydrogen-bond acceptors (Lipinski definition) is 3. The number of nitro groups is 1. The second-order valence-electron chi connectivity index (χ2n) is 5.79. The van der Waals surface area contributed by atoms with Gasteiger partial charge in [0.25, 0.3) is 6.04 Å². The van der Waals surface area contributed by atoms with E-state index in [2.05, 4.69) is 17.0 Å². The van der Waals surface area contributed by atoms with Gasteiger partial charge < -0.3 is 0 Å². The van der Waals surface area contributed by atoms with Crippen LogP contribution in [0.2, 0.25) is 0 Å². The fourth-order valence-electron chi connectivity index (χ4n) is 3.78. The summed E-state index contributed by atoms with van der Waals surface area (Å²) in [5.74, 6) is 0. The van der Waals surface area contributed by atoms with Crippen molar-refractivity contribution in [3.63, 3.8) is 0 Å². The molecule has 4 rings (SSSR count). The highest BCUT2D eigenvalue weighted by atomic mass is 16.6. The molecule has 0 bridgehead atoms. The molecule has 0 radical (unpaired) electrons. The number of rotatable bonds is 1. The Morgan fingerprint density at radius 2 is 1.67 bits per heavy atom. The molecule has 2 aromatic carbocycles. The fourth-order valence-corrected chi connectivity index (χ4v) is 3.78. The minimum Gasteiger partial charge on any atom is -0.285 e. The summed E-state index contributed by atoms with van der Waals surface area (Å²) in [5.41, 5.74) is 4.35. The first-order valence-corrected chi connectivity index (χ1v) is 7.29. The second kappa shape index (κ2) is 4.67. The SMILES string of the molecule is O=[N+]([O-])[C@H]1c2ccccc2CN2CCc3ccccc3[C@@H]12. The lowest BCUT2D eigenvalue weighted by Gasteiger charge is -2.42. The van der Waals surface area contributed by atoms with E-state index in [-0.39, 0.29) is 11.0 Å². The molecule has 4 nitrogen and oxygen atoms in total. The van der Waals surface area contributed by atoms with Crippen LogP contribution in [0.15, 0.2) is 48.5 Å². The van der Waals surface area contributed by atoms with Crippen molar-refractivity contribution in [2.75, 3.05) is 6.54 Å². The monoisotopic (exact) mass is 280 g/mol. The van der Waals surface area contributed by atoms with Gasteiger partial charge >= 0.3 is 0 Å². The molecule has 0 saturated carbocycles. The van der Waals surface area contributed by atoms with E-state index in [0.29, 0.717) is 0 Å². The van der Waals surface area contributed by atoms with Gasteiger partial charge in [-0.15, -0.1) is 0 Å². The largest absolute Gasteiger partial charge is 0.285 e. The van der Waals surface area contributed by atoms with Gasteiger partial charge in [0, 0.05) is 23.6 Å². The van der Waals surface area contributed by atoms with Crippen molar-refractivity contribution in [1.29, 1.82) is 0 Å². The first-order chi connectivity index (χ1) is 10.3. The molecule has 2 aromatic rings. The standard InChI is InChI=1S/C17H16N2O2/c20-19(21)17-15-8-4-2-6-13(15)11-18-10-9-12-5-1-3-7-14(12)16(17)18/h1-8,16-17H,9-11H2/t16-,17-/m0/s1. The van der Waals surface area contributed by atoms with Gasteiger partial charge in [0.2, 0.25) is 0 Å². The number of fused-ring (bicyclic) bond motifs is 4. The van der Waals surface area contributed by atoms with Crippen LogP contribution in [0, 0.1) is 10.1 Å². The number of hydrogen-bond donors (Lipinski definition) is 0. The number of benzene rings is 2.